The van der Waals surface area contributed by atoms with Gasteiger partial charge in [-0.15, -0.1) is 0 Å². The van der Waals surface area contributed by atoms with Gasteiger partial charge < -0.3 is 21.1 Å². The van der Waals surface area contributed by atoms with Gasteiger partial charge >= 0.3 is 0 Å². The lowest BCUT2D eigenvalue weighted by atomic mass is 9.50. The average molecular weight is 430 g/mol. The number of phenols is 1. The summed E-state index contributed by atoms with van der Waals surface area (Å²) >= 11 is 0. The second kappa shape index (κ2) is 6.94. The Hall–Kier alpha value is -2.62. The molecule has 2 fully saturated rings. The molecule has 9 nitrogen and oxygen atoms in total. The Morgan fingerprint density at radius 1 is 1.23 bits per heavy atom. The highest BCUT2D eigenvalue weighted by Gasteiger charge is 2.68. The molecule has 1 amide bonds. The summed E-state index contributed by atoms with van der Waals surface area (Å²) in [5, 5.41) is 33.2. The van der Waals surface area contributed by atoms with Crippen molar-refractivity contribution >= 4 is 23.3 Å². The van der Waals surface area contributed by atoms with Crippen molar-refractivity contribution in [1.29, 1.82) is 0 Å². The predicted octanol–water partition coefficient (Wildman–Crippen LogP) is -0.780. The molecule has 0 spiro atoms. The molecule has 166 valence electrons. The largest absolute Gasteiger partial charge is 0.507 e. The van der Waals surface area contributed by atoms with Crippen molar-refractivity contribution in [2.24, 2.45) is 29.4 Å². The summed E-state index contributed by atoms with van der Waals surface area (Å²) in [6.07, 6.45) is -1.75. The van der Waals surface area contributed by atoms with Crippen LogP contribution in [-0.2, 0) is 14.4 Å². The first-order valence-electron chi connectivity index (χ1n) is 10.2. The minimum atomic E-state index is -2.29. The summed E-state index contributed by atoms with van der Waals surface area (Å²) in [7, 11) is 3.11. The number of ketones is 3. The molecular weight excluding hydrogens is 404 g/mol. The Balaban J connectivity index is 1.89. The maximum atomic E-state index is 13.3. The number of aliphatic hydroxyl groups is 2. The third-order valence-electron chi connectivity index (χ3n) is 7.48. The van der Waals surface area contributed by atoms with Crippen LogP contribution in [0.15, 0.2) is 18.2 Å². The van der Waals surface area contributed by atoms with Crippen molar-refractivity contribution in [3.63, 3.8) is 0 Å². The number of amides is 1. The summed E-state index contributed by atoms with van der Waals surface area (Å²) in [5.74, 6) is -8.81. The minimum Gasteiger partial charge on any atom is -0.507 e. The fraction of sp³-hybridized carbons (Fsp3) is 0.545. The van der Waals surface area contributed by atoms with Gasteiger partial charge in [0.05, 0.1) is 17.7 Å². The zero-order valence-electron chi connectivity index (χ0n) is 17.5. The van der Waals surface area contributed by atoms with Crippen LogP contribution in [0.2, 0.25) is 0 Å². The lowest BCUT2D eigenvalue weighted by molar-refractivity contribution is -0.196. The van der Waals surface area contributed by atoms with E-state index in [1.165, 1.54) is 11.0 Å². The number of phenolic OH excluding ortho intramolecular Hbond substituents is 1. The highest BCUT2D eigenvalue weighted by Crippen LogP contribution is 2.55. The van der Waals surface area contributed by atoms with Crippen LogP contribution in [-0.4, -0.2) is 75.3 Å². The van der Waals surface area contributed by atoms with E-state index in [4.69, 9.17) is 5.73 Å². The number of carbonyl (C=O) groups excluding carboxylic acids is 4. The number of hydrogen-bond donors (Lipinski definition) is 4. The zero-order valence-corrected chi connectivity index (χ0v) is 17.5. The molecule has 1 aromatic carbocycles. The third-order valence-corrected chi connectivity index (χ3v) is 7.48. The van der Waals surface area contributed by atoms with Gasteiger partial charge in [-0.05, 0) is 38.1 Å². The maximum absolute atomic E-state index is 13.3. The van der Waals surface area contributed by atoms with Crippen LogP contribution >= 0.6 is 0 Å². The molecule has 4 rings (SSSR count). The van der Waals surface area contributed by atoms with Crippen molar-refractivity contribution < 1.29 is 34.5 Å². The number of aromatic hydroxyl groups is 1. The van der Waals surface area contributed by atoms with E-state index in [0.29, 0.717) is 5.56 Å². The van der Waals surface area contributed by atoms with Crippen LogP contribution in [0.5, 0.6) is 5.75 Å². The van der Waals surface area contributed by atoms with Crippen LogP contribution < -0.4 is 5.73 Å². The number of rotatable bonds is 2. The maximum Gasteiger partial charge on any atom is 0.235 e. The second-order valence-electron chi connectivity index (χ2n) is 9.23. The number of nitrogens with zero attached hydrogens (tertiary/aromatic N) is 1. The van der Waals surface area contributed by atoms with Gasteiger partial charge in [-0.3, -0.25) is 24.1 Å². The van der Waals surface area contributed by atoms with Crippen LogP contribution in [0, 0.1) is 23.7 Å². The van der Waals surface area contributed by atoms with Crippen LogP contribution in [0.4, 0.5) is 0 Å². The normalized spacial score (nSPS) is 39.7. The van der Waals surface area contributed by atoms with E-state index < -0.39 is 64.7 Å². The van der Waals surface area contributed by atoms with Crippen molar-refractivity contribution in [3.05, 3.63) is 29.3 Å². The van der Waals surface area contributed by atoms with Crippen molar-refractivity contribution in [2.75, 3.05) is 14.1 Å². The monoisotopic (exact) mass is 430 g/mol. The van der Waals surface area contributed by atoms with Gasteiger partial charge in [-0.1, -0.05) is 19.1 Å². The number of nitrogens with two attached hydrogens (primary N) is 1. The van der Waals surface area contributed by atoms with E-state index in [1.807, 2.05) is 0 Å². The smallest absolute Gasteiger partial charge is 0.235 e. The molecule has 5 N–H and O–H groups in total. The minimum absolute atomic E-state index is 0.112. The number of carbonyl (C=O) groups is 4. The number of hydrogen-bond acceptors (Lipinski definition) is 8. The molecule has 0 radical (unpaired) electrons. The summed E-state index contributed by atoms with van der Waals surface area (Å²) in [5.41, 5.74) is 3.71. The number of primary amides is 1. The molecule has 31 heavy (non-hydrogen) atoms. The topological polar surface area (TPSA) is 158 Å². The number of benzene rings is 1. The second-order valence-corrected chi connectivity index (χ2v) is 9.23. The van der Waals surface area contributed by atoms with Crippen molar-refractivity contribution in [2.45, 2.75) is 37.0 Å². The van der Waals surface area contributed by atoms with E-state index in [0.717, 1.165) is 0 Å². The summed E-state index contributed by atoms with van der Waals surface area (Å²) in [6.45, 7) is 1.80. The van der Waals surface area contributed by atoms with Gasteiger partial charge in [0, 0.05) is 17.8 Å². The molecule has 0 aliphatic heterocycles. The predicted molar refractivity (Wildman–Crippen MR) is 107 cm³/mol. The zero-order chi connectivity index (χ0) is 23.0. The molecule has 2 saturated carbocycles. The van der Waals surface area contributed by atoms with E-state index >= 15 is 0 Å². The lowest BCUT2D eigenvalue weighted by Gasteiger charge is -2.57. The standard InChI is InChI=1S/C22H26N2O7/c1-8-9-5-4-6-11(25)13(9)17(26)10-7-22(31)15(18(27)12(8)10)16(24(2)3)19(28)14(20(22)29)21(23)30/h4-6,8,10,12,14-16,18,25,27,31H,7H2,1-3H3,(H2,23,30)/t8-,10?,12?,14?,15?,16-,18-,22+/m0/s1. The highest BCUT2D eigenvalue weighted by atomic mass is 16.3. The number of Topliss-reactive ketones (excluding diaryl/α,β-unsaturated/α-hetero) is 3. The Bertz CT molecular complexity index is 1010. The number of likely N-dealkylation sites (N-methyl/N-ethyl adjacent to an activating group) is 1. The summed E-state index contributed by atoms with van der Waals surface area (Å²) in [6, 6.07) is 3.56. The Labute approximate surface area is 178 Å². The first-order valence-corrected chi connectivity index (χ1v) is 10.2. The van der Waals surface area contributed by atoms with E-state index in [-0.39, 0.29) is 23.7 Å². The molecule has 8 atom stereocenters. The molecule has 0 bridgehead atoms. The van der Waals surface area contributed by atoms with Crippen molar-refractivity contribution in [1.82, 2.24) is 4.90 Å². The summed E-state index contributed by atoms with van der Waals surface area (Å²) < 4.78 is 0. The third kappa shape index (κ3) is 2.73. The van der Waals surface area contributed by atoms with Crippen molar-refractivity contribution in [3.8, 4) is 5.75 Å². The molecule has 1 aromatic rings. The quantitative estimate of drug-likeness (QED) is 0.445. The van der Waals surface area contributed by atoms with Gasteiger partial charge in [0.2, 0.25) is 5.91 Å². The van der Waals surface area contributed by atoms with Gasteiger partial charge in [-0.2, -0.15) is 0 Å². The van der Waals surface area contributed by atoms with E-state index in [9.17, 15) is 34.5 Å². The molecule has 4 unspecified atom stereocenters. The first kappa shape index (κ1) is 21.6. The average Bonchev–Trinajstić information content (AvgIpc) is 2.67. The number of aliphatic hydroxyl groups excluding tert-OH is 1. The Kier molecular flexibility index (Phi) is 4.84. The van der Waals surface area contributed by atoms with Crippen LogP contribution in [0.25, 0.3) is 0 Å². The molecule has 3 aliphatic carbocycles. The summed E-state index contributed by atoms with van der Waals surface area (Å²) in [4.78, 5) is 52.9. The molecule has 0 aromatic heterocycles. The van der Waals surface area contributed by atoms with Gasteiger partial charge in [0.15, 0.2) is 23.3 Å². The van der Waals surface area contributed by atoms with Gasteiger partial charge in [0.25, 0.3) is 0 Å². The molecule has 0 heterocycles. The molecular formula is C22H26N2O7. The van der Waals surface area contributed by atoms with Crippen LogP contribution in [0.3, 0.4) is 0 Å². The van der Waals surface area contributed by atoms with E-state index in [2.05, 4.69) is 0 Å². The Morgan fingerprint density at radius 3 is 2.45 bits per heavy atom. The fourth-order valence-electron chi connectivity index (χ4n) is 6.16. The molecule has 0 saturated heterocycles. The SMILES string of the molecule is C[C@H]1c2cccc(O)c2C(=O)C2C[C@]3(O)C(=O)C(C(N)=O)C(=O)[C@@H](N(C)C)C3[C@@H](O)C21. The van der Waals surface area contributed by atoms with E-state index in [1.54, 1.807) is 33.2 Å². The van der Waals surface area contributed by atoms with Gasteiger partial charge in [0.1, 0.15) is 11.4 Å². The highest BCUT2D eigenvalue weighted by molar-refractivity contribution is 6.24. The van der Waals surface area contributed by atoms with Gasteiger partial charge in [-0.25, -0.2) is 0 Å². The first-order chi connectivity index (χ1) is 14.4. The molecule has 3 aliphatic rings. The lowest BCUT2D eigenvalue weighted by Crippen LogP contribution is -2.74. The fourth-order valence-corrected chi connectivity index (χ4v) is 6.16. The Morgan fingerprint density at radius 2 is 1.87 bits per heavy atom. The number of fused-ring (bicyclic) bond motifs is 3. The van der Waals surface area contributed by atoms with Crippen LogP contribution in [0.1, 0.15) is 35.2 Å². The molecule has 9 heteroatoms.